The van der Waals surface area contributed by atoms with Gasteiger partial charge in [-0.25, -0.2) is 4.98 Å². The number of aromatic nitrogens is 2. The van der Waals surface area contributed by atoms with Crippen molar-refractivity contribution >= 4 is 5.97 Å². The van der Waals surface area contributed by atoms with Crippen LogP contribution in [0.2, 0.25) is 0 Å². The zero-order valence-corrected chi connectivity index (χ0v) is 8.66. The molecule has 0 aliphatic heterocycles. The van der Waals surface area contributed by atoms with E-state index in [2.05, 4.69) is 11.9 Å². The van der Waals surface area contributed by atoms with Gasteiger partial charge in [-0.2, -0.15) is 0 Å². The highest BCUT2D eigenvalue weighted by atomic mass is 16.4. The summed E-state index contributed by atoms with van der Waals surface area (Å²) in [5.41, 5.74) is 0.873. The predicted molar refractivity (Wildman–Crippen MR) is 53.2 cm³/mol. The Bertz CT molecular complexity index is 318. The zero-order chi connectivity index (χ0) is 10.6. The van der Waals surface area contributed by atoms with E-state index in [9.17, 15) is 4.79 Å². The number of carboxylic acids is 1. The minimum atomic E-state index is -0.771. The summed E-state index contributed by atoms with van der Waals surface area (Å²) in [4.78, 5) is 14.7. The third-order valence-electron chi connectivity index (χ3n) is 2.09. The molecular weight excluding hydrogens is 180 g/mol. The van der Waals surface area contributed by atoms with E-state index in [0.717, 1.165) is 24.4 Å². The minimum Gasteiger partial charge on any atom is -0.481 e. The fraction of sp³-hybridized carbons (Fsp3) is 0.600. The zero-order valence-electron chi connectivity index (χ0n) is 8.66. The summed E-state index contributed by atoms with van der Waals surface area (Å²) in [5.74, 6) is 0.264. The van der Waals surface area contributed by atoms with Crippen LogP contribution in [0.5, 0.6) is 0 Å². The van der Waals surface area contributed by atoms with Crippen LogP contribution in [0.4, 0.5) is 0 Å². The lowest BCUT2D eigenvalue weighted by atomic mass is 10.2. The van der Waals surface area contributed by atoms with Gasteiger partial charge in [-0.1, -0.05) is 6.92 Å². The summed E-state index contributed by atoms with van der Waals surface area (Å²) < 4.78 is 1.97. The van der Waals surface area contributed by atoms with Gasteiger partial charge in [-0.3, -0.25) is 4.79 Å². The smallest absolute Gasteiger partial charge is 0.303 e. The Morgan fingerprint density at radius 3 is 2.86 bits per heavy atom. The molecule has 1 heterocycles. The third kappa shape index (κ3) is 2.87. The Morgan fingerprint density at radius 2 is 2.29 bits per heavy atom. The molecule has 0 radical (unpaired) electrons. The SMILES string of the molecule is CCCc1nc(CCC(=O)O)cn1C. The van der Waals surface area contributed by atoms with Crippen LogP contribution in [-0.2, 0) is 24.7 Å². The minimum absolute atomic E-state index is 0.155. The van der Waals surface area contributed by atoms with E-state index < -0.39 is 5.97 Å². The molecule has 1 N–H and O–H groups in total. The number of hydrogen-bond donors (Lipinski definition) is 1. The van der Waals surface area contributed by atoms with E-state index in [4.69, 9.17) is 5.11 Å². The fourth-order valence-corrected chi connectivity index (χ4v) is 1.38. The van der Waals surface area contributed by atoms with Crippen molar-refractivity contribution in [3.05, 3.63) is 17.7 Å². The van der Waals surface area contributed by atoms with Crippen LogP contribution in [0.3, 0.4) is 0 Å². The van der Waals surface area contributed by atoms with Crippen LogP contribution < -0.4 is 0 Å². The lowest BCUT2D eigenvalue weighted by Crippen LogP contribution is -1.97. The summed E-state index contributed by atoms with van der Waals surface area (Å²) in [6.45, 7) is 2.10. The molecule has 0 unspecified atom stereocenters. The van der Waals surface area contributed by atoms with Crippen LogP contribution in [-0.4, -0.2) is 20.6 Å². The number of carboxylic acid groups (broad SMARTS) is 1. The lowest BCUT2D eigenvalue weighted by molar-refractivity contribution is -0.136. The Labute approximate surface area is 83.6 Å². The Balaban J connectivity index is 2.61. The van der Waals surface area contributed by atoms with Crippen molar-refractivity contribution in [2.24, 2.45) is 7.05 Å². The van der Waals surface area contributed by atoms with Gasteiger partial charge in [-0.05, 0) is 6.42 Å². The molecule has 78 valence electrons. The van der Waals surface area contributed by atoms with E-state index in [1.54, 1.807) is 0 Å². The summed E-state index contributed by atoms with van der Waals surface area (Å²) in [7, 11) is 1.95. The van der Waals surface area contributed by atoms with Crippen molar-refractivity contribution < 1.29 is 9.90 Å². The molecule has 0 aliphatic carbocycles. The van der Waals surface area contributed by atoms with Gasteiger partial charge >= 0.3 is 5.97 Å². The molecule has 0 aliphatic rings. The van der Waals surface area contributed by atoms with Gasteiger partial charge in [-0.15, -0.1) is 0 Å². The first-order chi connectivity index (χ1) is 6.63. The number of imidazole rings is 1. The third-order valence-corrected chi connectivity index (χ3v) is 2.09. The largest absolute Gasteiger partial charge is 0.481 e. The number of nitrogens with zero attached hydrogens (tertiary/aromatic N) is 2. The van der Waals surface area contributed by atoms with Crippen LogP contribution in [0.15, 0.2) is 6.20 Å². The summed E-state index contributed by atoms with van der Waals surface area (Å²) in [5, 5.41) is 8.52. The Kier molecular flexibility index (Phi) is 3.68. The number of carbonyl (C=O) groups is 1. The fourth-order valence-electron chi connectivity index (χ4n) is 1.38. The maximum absolute atomic E-state index is 10.4. The van der Waals surface area contributed by atoms with Gasteiger partial charge in [0.1, 0.15) is 5.82 Å². The van der Waals surface area contributed by atoms with Gasteiger partial charge < -0.3 is 9.67 Å². The van der Waals surface area contributed by atoms with Crippen molar-refractivity contribution in [2.75, 3.05) is 0 Å². The van der Waals surface area contributed by atoms with Gasteiger partial charge in [0.2, 0.25) is 0 Å². The molecule has 0 saturated heterocycles. The van der Waals surface area contributed by atoms with Crippen molar-refractivity contribution in [3.63, 3.8) is 0 Å². The van der Waals surface area contributed by atoms with Gasteiger partial charge in [0.15, 0.2) is 0 Å². The molecule has 1 aromatic heterocycles. The molecule has 14 heavy (non-hydrogen) atoms. The first-order valence-electron chi connectivity index (χ1n) is 4.86. The average Bonchev–Trinajstić information content (AvgIpc) is 2.45. The van der Waals surface area contributed by atoms with E-state index in [1.165, 1.54) is 0 Å². The number of aliphatic carboxylic acids is 1. The van der Waals surface area contributed by atoms with Gasteiger partial charge in [0, 0.05) is 26.1 Å². The van der Waals surface area contributed by atoms with Crippen LogP contribution in [0.25, 0.3) is 0 Å². The summed E-state index contributed by atoms with van der Waals surface area (Å²) in [6, 6.07) is 0. The van der Waals surface area contributed by atoms with Gasteiger partial charge in [0.05, 0.1) is 12.1 Å². The second-order valence-corrected chi connectivity index (χ2v) is 3.40. The molecule has 0 amide bonds. The molecule has 0 spiro atoms. The topological polar surface area (TPSA) is 55.1 Å². The number of aryl methyl sites for hydroxylation is 3. The second-order valence-electron chi connectivity index (χ2n) is 3.40. The average molecular weight is 196 g/mol. The maximum Gasteiger partial charge on any atom is 0.303 e. The first kappa shape index (κ1) is 10.8. The number of hydrogen-bond acceptors (Lipinski definition) is 2. The highest BCUT2D eigenvalue weighted by molar-refractivity contribution is 5.66. The summed E-state index contributed by atoms with van der Waals surface area (Å²) >= 11 is 0. The van der Waals surface area contributed by atoms with E-state index in [1.807, 2.05) is 17.8 Å². The molecule has 1 aromatic rings. The lowest BCUT2D eigenvalue weighted by Gasteiger charge is -1.95. The molecule has 4 heteroatoms. The highest BCUT2D eigenvalue weighted by Crippen LogP contribution is 2.06. The van der Waals surface area contributed by atoms with E-state index in [-0.39, 0.29) is 6.42 Å². The maximum atomic E-state index is 10.4. The Hall–Kier alpha value is -1.32. The molecule has 0 bridgehead atoms. The molecular formula is C10H16N2O2. The monoisotopic (exact) mass is 196 g/mol. The highest BCUT2D eigenvalue weighted by Gasteiger charge is 2.05. The number of rotatable bonds is 5. The molecule has 0 atom stereocenters. The van der Waals surface area contributed by atoms with Crippen LogP contribution in [0, 0.1) is 0 Å². The normalized spacial score (nSPS) is 10.4. The summed E-state index contributed by atoms with van der Waals surface area (Å²) in [6.07, 6.45) is 4.59. The molecule has 1 rings (SSSR count). The molecule has 0 aromatic carbocycles. The molecule has 0 fully saturated rings. The van der Waals surface area contributed by atoms with Crippen molar-refractivity contribution in [3.8, 4) is 0 Å². The quantitative estimate of drug-likeness (QED) is 0.774. The van der Waals surface area contributed by atoms with Gasteiger partial charge in [0.25, 0.3) is 0 Å². The second kappa shape index (κ2) is 4.79. The van der Waals surface area contributed by atoms with Crippen molar-refractivity contribution in [1.82, 2.24) is 9.55 Å². The van der Waals surface area contributed by atoms with Crippen molar-refractivity contribution in [2.45, 2.75) is 32.6 Å². The first-order valence-corrected chi connectivity index (χ1v) is 4.86. The molecule has 4 nitrogen and oxygen atoms in total. The molecule has 0 saturated carbocycles. The Morgan fingerprint density at radius 1 is 1.57 bits per heavy atom. The standard InChI is InChI=1S/C10H16N2O2/c1-3-4-9-11-8(7-12(9)2)5-6-10(13)14/h7H,3-6H2,1-2H3,(H,13,14). The van der Waals surface area contributed by atoms with E-state index in [0.29, 0.717) is 6.42 Å². The van der Waals surface area contributed by atoms with Crippen LogP contribution >= 0.6 is 0 Å². The van der Waals surface area contributed by atoms with E-state index >= 15 is 0 Å². The van der Waals surface area contributed by atoms with Crippen molar-refractivity contribution in [1.29, 1.82) is 0 Å². The predicted octanol–water partition coefficient (Wildman–Crippen LogP) is 1.39. The van der Waals surface area contributed by atoms with Crippen LogP contribution in [0.1, 0.15) is 31.3 Å².